The van der Waals surface area contributed by atoms with E-state index in [0.29, 0.717) is 0 Å². The van der Waals surface area contributed by atoms with Crippen LogP contribution in [0, 0.1) is 6.92 Å². The first-order valence-electron chi connectivity index (χ1n) is 4.69. The molecule has 0 amide bonds. The summed E-state index contributed by atoms with van der Waals surface area (Å²) in [6, 6.07) is 0. The second-order valence-corrected chi connectivity index (χ2v) is 8.35. The Morgan fingerprint density at radius 3 is 0.957 bits per heavy atom. The first kappa shape index (κ1) is 24.1. The third-order valence-corrected chi connectivity index (χ3v) is 6.54. The van der Waals surface area contributed by atoms with Gasteiger partial charge in [0.25, 0.3) is 15.1 Å². The average molecular weight is 627 g/mol. The molecule has 15 heteroatoms. The molecule has 3 atom stereocenters. The lowest BCUT2D eigenvalue weighted by atomic mass is 9.96. The Labute approximate surface area is 155 Å². The fourth-order valence-electron chi connectivity index (χ4n) is 0.999. The van der Waals surface area contributed by atoms with E-state index in [0.717, 1.165) is 63.7 Å². The summed E-state index contributed by atoms with van der Waals surface area (Å²) in [6.45, 7) is 1.58. The van der Waals surface area contributed by atoms with Gasteiger partial charge in [-0.1, -0.05) is 0 Å². The molecule has 0 spiro atoms. The van der Waals surface area contributed by atoms with E-state index in [1.807, 2.05) is 0 Å². The average Bonchev–Trinajstić information content (AvgIpc) is 2.24. The van der Waals surface area contributed by atoms with Crippen LogP contribution in [0.4, 0.5) is 48.3 Å². The van der Waals surface area contributed by atoms with Crippen LogP contribution in [-0.2, 0) is 0 Å². The van der Waals surface area contributed by atoms with E-state index in [4.69, 9.17) is 0 Å². The summed E-state index contributed by atoms with van der Waals surface area (Å²) in [5, 5.41) is 0. The normalized spacial score (nSPS) is 23.0. The number of hydrogen-bond donors (Lipinski definition) is 0. The summed E-state index contributed by atoms with van der Waals surface area (Å²) >= 11 is 3.92. The maximum Gasteiger partial charge on any atom is 0.350 e. The number of rotatable bonds is 6. The number of alkyl halides is 15. The van der Waals surface area contributed by atoms with Gasteiger partial charge in [0, 0.05) is 6.92 Å². The minimum absolute atomic E-state index is 0.860. The Hall–Kier alpha value is 1.15. The van der Waals surface area contributed by atoms with Gasteiger partial charge in [-0.25, -0.2) is 22.0 Å². The van der Waals surface area contributed by atoms with Crippen molar-refractivity contribution in [2.75, 3.05) is 0 Å². The zero-order valence-electron chi connectivity index (χ0n) is 9.88. The zero-order valence-corrected chi connectivity index (χ0v) is 16.2. The van der Waals surface area contributed by atoms with Crippen LogP contribution in [0.5, 0.6) is 0 Å². The quantitative estimate of drug-likeness (QED) is 0.223. The molecule has 0 aliphatic carbocycles. The van der Waals surface area contributed by atoms with Crippen molar-refractivity contribution < 1.29 is 48.3 Å². The Morgan fingerprint density at radius 2 is 0.739 bits per heavy atom. The monoisotopic (exact) mass is 623 g/mol. The third-order valence-electron chi connectivity index (χ3n) is 2.39. The Morgan fingerprint density at radius 1 is 0.478 bits per heavy atom. The molecule has 0 aromatic heterocycles. The largest absolute Gasteiger partial charge is 0.350 e. The van der Waals surface area contributed by atoms with E-state index in [9.17, 15) is 48.3 Å². The van der Waals surface area contributed by atoms with Gasteiger partial charge in [0.15, 0.2) is 0 Å². The van der Waals surface area contributed by atoms with Gasteiger partial charge in [-0.15, -0.1) is 0 Å². The predicted octanol–water partition coefficient (Wildman–Crippen LogP) is 6.90. The van der Waals surface area contributed by atoms with Gasteiger partial charge in [0.05, 0.1) is 0 Å². The Kier molecular flexibility index (Phi) is 6.41. The molecular formula is C8H2Br4F11. The Bertz CT molecular complexity index is 408. The number of halogens is 15. The van der Waals surface area contributed by atoms with Crippen LogP contribution in [0.3, 0.4) is 0 Å². The lowest BCUT2D eigenvalue weighted by Gasteiger charge is -2.44. The van der Waals surface area contributed by atoms with Gasteiger partial charge in [0.2, 0.25) is 0 Å². The van der Waals surface area contributed by atoms with Crippen LogP contribution >= 0.6 is 63.7 Å². The highest BCUT2D eigenvalue weighted by Gasteiger charge is 2.87. The van der Waals surface area contributed by atoms with Crippen molar-refractivity contribution in [2.45, 2.75) is 36.3 Å². The summed E-state index contributed by atoms with van der Waals surface area (Å²) in [4.78, 5) is -5.37. The first-order chi connectivity index (χ1) is 9.50. The highest BCUT2D eigenvalue weighted by atomic mass is 79.9. The topological polar surface area (TPSA) is 0 Å². The summed E-state index contributed by atoms with van der Waals surface area (Å²) in [5.74, 6) is -18.4. The van der Waals surface area contributed by atoms with Crippen LogP contribution in [0.1, 0.15) is 0 Å². The highest BCUT2D eigenvalue weighted by molar-refractivity contribution is 9.13. The Balaban J connectivity index is 6.37. The maximum absolute atomic E-state index is 13.9. The minimum atomic E-state index is -6.50. The standard InChI is InChI=1S/C8H2Br4F11/c1-2(13,14)3(9,15)6(18,19)4(10,16)7(20,21)5(11,17)8(12,22)23/h1H2. The molecule has 0 aliphatic rings. The van der Waals surface area contributed by atoms with Crippen molar-refractivity contribution in [1.29, 1.82) is 0 Å². The van der Waals surface area contributed by atoms with Crippen molar-refractivity contribution in [2.24, 2.45) is 0 Å². The van der Waals surface area contributed by atoms with E-state index in [2.05, 4.69) is 0 Å². The third kappa shape index (κ3) is 3.40. The van der Waals surface area contributed by atoms with Crippen molar-refractivity contribution in [3.05, 3.63) is 6.92 Å². The van der Waals surface area contributed by atoms with Crippen molar-refractivity contribution in [1.82, 2.24) is 0 Å². The van der Waals surface area contributed by atoms with Gasteiger partial charge < -0.3 is 0 Å². The van der Waals surface area contributed by atoms with Gasteiger partial charge in [-0.2, -0.15) is 26.3 Å². The smallest absolute Gasteiger partial charge is 0.218 e. The summed E-state index contributed by atoms with van der Waals surface area (Å²) in [6.07, 6.45) is 0. The molecule has 23 heavy (non-hydrogen) atoms. The van der Waals surface area contributed by atoms with Crippen LogP contribution in [0.15, 0.2) is 0 Å². The molecule has 1 radical (unpaired) electrons. The molecule has 0 rings (SSSR count). The van der Waals surface area contributed by atoms with Gasteiger partial charge in [0.1, 0.15) is 0 Å². The zero-order chi connectivity index (χ0) is 19.5. The molecular weight excluding hydrogens is 625 g/mol. The van der Waals surface area contributed by atoms with Crippen molar-refractivity contribution >= 4 is 63.7 Å². The molecule has 139 valence electrons. The SMILES string of the molecule is [CH2]C(F)(F)C(F)(Br)C(F)(F)C(F)(Br)C(F)(F)C(F)(Br)C(F)(F)Br. The number of hydrogen-bond acceptors (Lipinski definition) is 0. The first-order valence-corrected chi connectivity index (χ1v) is 7.86. The van der Waals surface area contributed by atoms with Crippen LogP contribution < -0.4 is 0 Å². The van der Waals surface area contributed by atoms with E-state index in [1.54, 1.807) is 6.92 Å². The predicted molar refractivity (Wildman–Crippen MR) is 72.4 cm³/mol. The fourth-order valence-corrected chi connectivity index (χ4v) is 2.87. The minimum Gasteiger partial charge on any atom is -0.218 e. The van der Waals surface area contributed by atoms with Gasteiger partial charge in [-0.05, 0) is 63.7 Å². The molecule has 0 aliphatic heterocycles. The van der Waals surface area contributed by atoms with E-state index in [-0.39, 0.29) is 0 Å². The van der Waals surface area contributed by atoms with E-state index in [1.165, 1.54) is 0 Å². The molecule has 0 nitrogen and oxygen atoms in total. The van der Waals surface area contributed by atoms with Gasteiger partial charge in [-0.3, -0.25) is 0 Å². The van der Waals surface area contributed by atoms with Crippen molar-refractivity contribution in [3.8, 4) is 0 Å². The summed E-state index contributed by atoms with van der Waals surface area (Å²) < 4.78 is 129. The van der Waals surface area contributed by atoms with E-state index < -0.39 is 36.3 Å². The second-order valence-electron chi connectivity index (χ2n) is 4.07. The van der Waals surface area contributed by atoms with Crippen LogP contribution in [-0.4, -0.2) is 36.3 Å². The van der Waals surface area contributed by atoms with Crippen molar-refractivity contribution in [3.63, 3.8) is 0 Å². The molecule has 0 heterocycles. The molecule has 0 bridgehead atoms. The molecule has 0 N–H and O–H groups in total. The van der Waals surface area contributed by atoms with E-state index >= 15 is 0 Å². The lowest BCUT2D eigenvalue weighted by Crippen LogP contribution is -2.70. The maximum atomic E-state index is 13.9. The lowest BCUT2D eigenvalue weighted by molar-refractivity contribution is -0.288. The second kappa shape index (κ2) is 6.10. The molecule has 0 saturated carbocycles. The molecule has 0 aromatic carbocycles. The fraction of sp³-hybridized carbons (Fsp3) is 0.875. The highest BCUT2D eigenvalue weighted by Crippen LogP contribution is 2.66. The van der Waals surface area contributed by atoms with Crippen LogP contribution in [0.2, 0.25) is 0 Å². The molecule has 0 fully saturated rings. The van der Waals surface area contributed by atoms with Crippen LogP contribution in [0.25, 0.3) is 0 Å². The molecule has 0 aromatic rings. The van der Waals surface area contributed by atoms with Gasteiger partial charge >= 0.3 is 21.3 Å². The summed E-state index contributed by atoms with van der Waals surface area (Å²) in [5.41, 5.74) is 0. The molecule has 3 unspecified atom stereocenters. The summed E-state index contributed by atoms with van der Waals surface area (Å²) in [7, 11) is 0. The molecule has 0 saturated heterocycles.